The summed E-state index contributed by atoms with van der Waals surface area (Å²) in [6.07, 6.45) is 3.11. The van der Waals surface area contributed by atoms with Crippen LogP contribution < -0.4 is 0 Å². The highest BCUT2D eigenvalue weighted by molar-refractivity contribution is 6.30. The first-order chi connectivity index (χ1) is 14.0. The molecule has 1 aliphatic carbocycles. The molecule has 2 aromatic carbocycles. The summed E-state index contributed by atoms with van der Waals surface area (Å²) in [6, 6.07) is 10.9. The fourth-order valence-corrected chi connectivity index (χ4v) is 3.20. The van der Waals surface area contributed by atoms with E-state index in [1.807, 2.05) is 0 Å². The molecule has 0 radical (unpaired) electrons. The number of carbonyl (C=O) groups excluding carboxylic acids is 4. The molecule has 0 aliphatic heterocycles. The van der Waals surface area contributed by atoms with Gasteiger partial charge in [0, 0.05) is 35.3 Å². The predicted molar refractivity (Wildman–Crippen MR) is 107 cm³/mol. The minimum Gasteiger partial charge on any atom is -0.452 e. The van der Waals surface area contributed by atoms with Crippen LogP contribution in [0.1, 0.15) is 42.2 Å². The van der Waals surface area contributed by atoms with Crippen molar-refractivity contribution in [2.24, 2.45) is 0 Å². The lowest BCUT2D eigenvalue weighted by Gasteiger charge is -2.21. The zero-order chi connectivity index (χ0) is 21.0. The van der Waals surface area contributed by atoms with E-state index in [0.29, 0.717) is 5.56 Å². The molecule has 0 saturated heterocycles. The standard InChI is InChI=1S/C23H19NO5/c1-3-12-24(13-4-2)19(25)14-29-23(28)18-11-7-10-17-20(18)22(27)16-9-6-5-8-15(16)21(17)26/h3-11H,1-2,12-14H2. The number of carbonyl (C=O) groups is 4. The van der Waals surface area contributed by atoms with Gasteiger partial charge in [0.2, 0.25) is 0 Å². The van der Waals surface area contributed by atoms with Gasteiger partial charge in [0.1, 0.15) is 0 Å². The number of rotatable bonds is 7. The lowest BCUT2D eigenvalue weighted by atomic mass is 9.82. The molecular formula is C23H19NO5. The second-order valence-corrected chi connectivity index (χ2v) is 6.38. The Hall–Kier alpha value is -3.80. The third-order valence-corrected chi connectivity index (χ3v) is 4.55. The highest BCUT2D eigenvalue weighted by Gasteiger charge is 2.33. The monoisotopic (exact) mass is 389 g/mol. The smallest absolute Gasteiger partial charge is 0.339 e. The minimum atomic E-state index is -0.840. The Morgan fingerprint density at radius 1 is 0.862 bits per heavy atom. The predicted octanol–water partition coefficient (Wildman–Crippen LogP) is 2.82. The van der Waals surface area contributed by atoms with Gasteiger partial charge in [-0.05, 0) is 6.07 Å². The normalized spacial score (nSPS) is 11.9. The summed E-state index contributed by atoms with van der Waals surface area (Å²) in [5.41, 5.74) is 0.652. The molecule has 3 rings (SSSR count). The van der Waals surface area contributed by atoms with Crippen molar-refractivity contribution in [2.45, 2.75) is 0 Å². The van der Waals surface area contributed by atoms with Crippen LogP contribution in [0.2, 0.25) is 0 Å². The van der Waals surface area contributed by atoms with E-state index in [0.717, 1.165) is 0 Å². The van der Waals surface area contributed by atoms with Crippen LogP contribution in [0.5, 0.6) is 0 Å². The van der Waals surface area contributed by atoms with Gasteiger partial charge >= 0.3 is 5.97 Å². The van der Waals surface area contributed by atoms with E-state index in [2.05, 4.69) is 13.2 Å². The lowest BCUT2D eigenvalue weighted by molar-refractivity contribution is -0.133. The largest absolute Gasteiger partial charge is 0.452 e. The average molecular weight is 389 g/mol. The van der Waals surface area contributed by atoms with Crippen LogP contribution in [0, 0.1) is 0 Å². The quantitative estimate of drug-likeness (QED) is 0.459. The van der Waals surface area contributed by atoms with E-state index in [1.165, 1.54) is 23.1 Å². The van der Waals surface area contributed by atoms with E-state index in [1.54, 1.807) is 36.4 Å². The zero-order valence-corrected chi connectivity index (χ0v) is 15.7. The minimum absolute atomic E-state index is 0.00249. The number of ether oxygens (including phenoxy) is 1. The Labute approximate surface area is 168 Å². The highest BCUT2D eigenvalue weighted by atomic mass is 16.5. The molecular weight excluding hydrogens is 370 g/mol. The first-order valence-electron chi connectivity index (χ1n) is 8.97. The second-order valence-electron chi connectivity index (χ2n) is 6.38. The molecule has 0 fully saturated rings. The second kappa shape index (κ2) is 8.48. The summed E-state index contributed by atoms with van der Waals surface area (Å²) in [7, 11) is 0. The Morgan fingerprint density at radius 2 is 1.45 bits per heavy atom. The Balaban J connectivity index is 1.86. The summed E-state index contributed by atoms with van der Waals surface area (Å²) in [6.45, 7) is 7.24. The highest BCUT2D eigenvalue weighted by Crippen LogP contribution is 2.29. The third-order valence-electron chi connectivity index (χ3n) is 4.55. The van der Waals surface area contributed by atoms with E-state index < -0.39 is 24.3 Å². The maximum atomic E-state index is 12.9. The summed E-state index contributed by atoms with van der Waals surface area (Å²) in [4.78, 5) is 52.0. The number of esters is 1. The van der Waals surface area contributed by atoms with Crippen molar-refractivity contribution in [1.82, 2.24) is 4.90 Å². The molecule has 0 aromatic heterocycles. The number of hydrogen-bond donors (Lipinski definition) is 0. The maximum absolute atomic E-state index is 12.9. The van der Waals surface area contributed by atoms with Gasteiger partial charge in [-0.1, -0.05) is 48.6 Å². The van der Waals surface area contributed by atoms with Crippen LogP contribution in [-0.2, 0) is 9.53 Å². The van der Waals surface area contributed by atoms with Crippen molar-refractivity contribution >= 4 is 23.4 Å². The number of hydrogen-bond acceptors (Lipinski definition) is 5. The van der Waals surface area contributed by atoms with Crippen molar-refractivity contribution in [1.29, 1.82) is 0 Å². The van der Waals surface area contributed by atoms with Gasteiger partial charge in [-0.3, -0.25) is 14.4 Å². The molecule has 29 heavy (non-hydrogen) atoms. The molecule has 1 amide bonds. The van der Waals surface area contributed by atoms with Gasteiger partial charge in [0.25, 0.3) is 5.91 Å². The van der Waals surface area contributed by atoms with Gasteiger partial charge in [-0.25, -0.2) is 4.79 Å². The van der Waals surface area contributed by atoms with Crippen molar-refractivity contribution in [3.05, 3.63) is 95.6 Å². The van der Waals surface area contributed by atoms with Crippen molar-refractivity contribution in [3.63, 3.8) is 0 Å². The first kappa shape index (κ1) is 19.9. The Kier molecular flexibility index (Phi) is 5.83. The molecule has 6 nitrogen and oxygen atoms in total. The van der Waals surface area contributed by atoms with E-state index in [4.69, 9.17) is 4.74 Å². The molecule has 0 spiro atoms. The Bertz CT molecular complexity index is 1030. The number of amides is 1. The zero-order valence-electron chi connectivity index (χ0n) is 15.7. The fourth-order valence-electron chi connectivity index (χ4n) is 3.20. The van der Waals surface area contributed by atoms with E-state index >= 15 is 0 Å². The first-order valence-corrected chi connectivity index (χ1v) is 8.97. The average Bonchev–Trinajstić information content (AvgIpc) is 2.75. The van der Waals surface area contributed by atoms with Gasteiger partial charge in [-0.15, -0.1) is 13.2 Å². The molecule has 0 saturated carbocycles. The van der Waals surface area contributed by atoms with Crippen LogP contribution in [0.25, 0.3) is 0 Å². The van der Waals surface area contributed by atoms with Crippen molar-refractivity contribution in [3.8, 4) is 0 Å². The summed E-state index contributed by atoms with van der Waals surface area (Å²) in [5, 5.41) is 0. The van der Waals surface area contributed by atoms with Crippen molar-refractivity contribution in [2.75, 3.05) is 19.7 Å². The molecule has 0 N–H and O–H groups in total. The van der Waals surface area contributed by atoms with E-state index in [9.17, 15) is 19.2 Å². The number of benzene rings is 2. The molecule has 6 heteroatoms. The van der Waals surface area contributed by atoms with Gasteiger partial charge in [0.15, 0.2) is 18.2 Å². The van der Waals surface area contributed by atoms with Gasteiger partial charge in [0.05, 0.1) is 5.56 Å². The fraction of sp³-hybridized carbons (Fsp3) is 0.130. The molecule has 2 aromatic rings. The van der Waals surface area contributed by atoms with Crippen LogP contribution in [-0.4, -0.2) is 48.0 Å². The molecule has 146 valence electrons. The maximum Gasteiger partial charge on any atom is 0.339 e. The molecule has 0 unspecified atom stereocenters. The van der Waals surface area contributed by atoms with E-state index in [-0.39, 0.29) is 41.1 Å². The summed E-state index contributed by atoms with van der Waals surface area (Å²) in [5.74, 6) is -2.01. The summed E-state index contributed by atoms with van der Waals surface area (Å²) >= 11 is 0. The number of nitrogens with zero attached hydrogens (tertiary/aromatic N) is 1. The molecule has 0 heterocycles. The number of ketones is 2. The topological polar surface area (TPSA) is 80.8 Å². The molecule has 1 aliphatic rings. The van der Waals surface area contributed by atoms with Crippen LogP contribution in [0.3, 0.4) is 0 Å². The van der Waals surface area contributed by atoms with Gasteiger partial charge in [-0.2, -0.15) is 0 Å². The third kappa shape index (κ3) is 3.78. The molecule has 0 atom stereocenters. The Morgan fingerprint density at radius 3 is 2.07 bits per heavy atom. The molecule has 0 bridgehead atoms. The summed E-state index contributed by atoms with van der Waals surface area (Å²) < 4.78 is 5.14. The van der Waals surface area contributed by atoms with Gasteiger partial charge < -0.3 is 9.64 Å². The van der Waals surface area contributed by atoms with Crippen LogP contribution in [0.15, 0.2) is 67.8 Å². The SMILES string of the molecule is C=CCN(CC=C)C(=O)COC(=O)c1cccc2c1C(=O)c1ccccc1C2=O. The van der Waals surface area contributed by atoms with Crippen molar-refractivity contribution < 1.29 is 23.9 Å². The van der Waals surface area contributed by atoms with Crippen LogP contribution in [0.4, 0.5) is 0 Å². The van der Waals surface area contributed by atoms with Crippen LogP contribution >= 0.6 is 0 Å². The number of fused-ring (bicyclic) bond motifs is 2. The lowest BCUT2D eigenvalue weighted by Crippen LogP contribution is -2.35.